The molecular formula is C17H27Cl2N3O2. The first-order valence-corrected chi connectivity index (χ1v) is 7.95. The second kappa shape index (κ2) is 10.6. The Morgan fingerprint density at radius 2 is 1.88 bits per heavy atom. The van der Waals surface area contributed by atoms with Crippen LogP contribution in [0.3, 0.4) is 0 Å². The van der Waals surface area contributed by atoms with Crippen LogP contribution in [0.4, 0.5) is 5.82 Å². The van der Waals surface area contributed by atoms with E-state index in [4.69, 9.17) is 0 Å². The third kappa shape index (κ3) is 6.75. The predicted molar refractivity (Wildman–Crippen MR) is 101 cm³/mol. The largest absolute Gasteiger partial charge is 0.311 e. The topological polar surface area (TPSA) is 62.3 Å². The number of carbonyl (C=O) groups excluding carboxylic acids is 2. The maximum Gasteiger partial charge on any atom is 0.225 e. The third-order valence-electron chi connectivity index (χ3n) is 3.95. The number of nitrogens with one attached hydrogen (secondary N) is 1. The molecule has 0 radical (unpaired) electrons. The summed E-state index contributed by atoms with van der Waals surface area (Å²) in [6.07, 6.45) is 2.21. The fraction of sp³-hybridized carbons (Fsp3) is 0.588. The number of hydrogen-bond donors (Lipinski definition) is 1. The Balaban J connectivity index is 0.00000264. The molecule has 1 aliphatic heterocycles. The SMILES string of the molecule is CC(C)CC(=O)Nc1cccc(C(=O)C2CCN(C)CC2)n1.Cl.Cl. The molecule has 0 spiro atoms. The molecule has 7 heteroatoms. The van der Waals surface area contributed by atoms with E-state index in [0.29, 0.717) is 23.9 Å². The van der Waals surface area contributed by atoms with Gasteiger partial charge in [-0.05, 0) is 51.0 Å². The van der Waals surface area contributed by atoms with Gasteiger partial charge in [-0.15, -0.1) is 24.8 Å². The maximum atomic E-state index is 12.5. The number of hydrogen-bond acceptors (Lipinski definition) is 4. The molecule has 0 bridgehead atoms. The van der Waals surface area contributed by atoms with Crippen LogP contribution in [0.15, 0.2) is 18.2 Å². The maximum absolute atomic E-state index is 12.5. The fourth-order valence-electron chi connectivity index (χ4n) is 2.69. The van der Waals surface area contributed by atoms with E-state index in [9.17, 15) is 9.59 Å². The molecule has 1 N–H and O–H groups in total. The van der Waals surface area contributed by atoms with Gasteiger partial charge in [0.15, 0.2) is 5.78 Å². The van der Waals surface area contributed by atoms with E-state index in [-0.39, 0.29) is 42.4 Å². The van der Waals surface area contributed by atoms with Gasteiger partial charge in [0, 0.05) is 12.3 Å². The van der Waals surface area contributed by atoms with E-state index in [1.165, 1.54) is 0 Å². The Morgan fingerprint density at radius 3 is 2.46 bits per heavy atom. The lowest BCUT2D eigenvalue weighted by atomic mass is 9.91. The highest BCUT2D eigenvalue weighted by Gasteiger charge is 2.25. The van der Waals surface area contributed by atoms with Crippen molar-refractivity contribution in [3.05, 3.63) is 23.9 Å². The van der Waals surface area contributed by atoms with Crippen LogP contribution >= 0.6 is 24.8 Å². The van der Waals surface area contributed by atoms with Gasteiger partial charge in [-0.25, -0.2) is 4.98 Å². The lowest BCUT2D eigenvalue weighted by Crippen LogP contribution is -2.33. The van der Waals surface area contributed by atoms with Crippen LogP contribution in [0.25, 0.3) is 0 Å². The highest BCUT2D eigenvalue weighted by molar-refractivity contribution is 5.97. The molecule has 2 rings (SSSR count). The van der Waals surface area contributed by atoms with Crippen LogP contribution < -0.4 is 5.32 Å². The number of likely N-dealkylation sites (tertiary alicyclic amines) is 1. The Kier molecular flexibility index (Phi) is 10.1. The average molecular weight is 376 g/mol. The second-order valence-corrected chi connectivity index (χ2v) is 6.50. The van der Waals surface area contributed by atoms with E-state index in [1.54, 1.807) is 18.2 Å². The van der Waals surface area contributed by atoms with Crippen LogP contribution in [0.5, 0.6) is 0 Å². The van der Waals surface area contributed by atoms with Crippen molar-refractivity contribution in [3.63, 3.8) is 0 Å². The normalized spacial score (nSPS) is 15.3. The summed E-state index contributed by atoms with van der Waals surface area (Å²) in [6, 6.07) is 5.24. The van der Waals surface area contributed by atoms with Gasteiger partial charge in [-0.2, -0.15) is 0 Å². The predicted octanol–water partition coefficient (Wildman–Crippen LogP) is 3.43. The first kappa shape index (κ1) is 22.8. The van der Waals surface area contributed by atoms with Crippen molar-refractivity contribution in [2.75, 3.05) is 25.5 Å². The average Bonchev–Trinajstić information content (AvgIpc) is 2.46. The summed E-state index contributed by atoms with van der Waals surface area (Å²) in [5.74, 6) is 0.832. The first-order valence-electron chi connectivity index (χ1n) is 7.95. The van der Waals surface area contributed by atoms with Gasteiger partial charge in [0.25, 0.3) is 0 Å². The van der Waals surface area contributed by atoms with Crippen LogP contribution in [0, 0.1) is 11.8 Å². The van der Waals surface area contributed by atoms with Crippen molar-refractivity contribution in [2.45, 2.75) is 33.1 Å². The second-order valence-electron chi connectivity index (χ2n) is 6.50. The Bertz CT molecular complexity index is 544. The molecule has 136 valence electrons. The highest BCUT2D eigenvalue weighted by atomic mass is 35.5. The standard InChI is InChI=1S/C17H25N3O2.2ClH/c1-12(2)11-16(21)19-15-6-4-5-14(18-15)17(22)13-7-9-20(3)10-8-13;;/h4-6,12-13H,7-11H2,1-3H3,(H,18,19,21);2*1H. The minimum Gasteiger partial charge on any atom is -0.311 e. The van der Waals surface area contributed by atoms with E-state index >= 15 is 0 Å². The van der Waals surface area contributed by atoms with Crippen LogP contribution in [-0.4, -0.2) is 41.7 Å². The molecule has 1 aliphatic rings. The van der Waals surface area contributed by atoms with Crippen molar-refractivity contribution >= 4 is 42.3 Å². The number of halogens is 2. The number of ketones is 1. The van der Waals surface area contributed by atoms with Gasteiger partial charge in [0.1, 0.15) is 11.5 Å². The molecule has 1 aromatic rings. The molecule has 0 atom stereocenters. The van der Waals surface area contributed by atoms with Crippen LogP contribution in [0.2, 0.25) is 0 Å². The van der Waals surface area contributed by atoms with Crippen molar-refractivity contribution in [1.82, 2.24) is 9.88 Å². The highest BCUT2D eigenvalue weighted by Crippen LogP contribution is 2.21. The van der Waals surface area contributed by atoms with Crippen molar-refractivity contribution < 1.29 is 9.59 Å². The molecule has 5 nitrogen and oxygen atoms in total. The molecule has 0 aromatic carbocycles. The van der Waals surface area contributed by atoms with E-state index < -0.39 is 0 Å². The Hall–Kier alpha value is -1.17. The number of piperidine rings is 1. The molecular weight excluding hydrogens is 349 g/mol. The summed E-state index contributed by atoms with van der Waals surface area (Å²) in [5, 5.41) is 2.77. The number of nitrogens with zero attached hydrogens (tertiary/aromatic N) is 2. The molecule has 0 saturated carbocycles. The third-order valence-corrected chi connectivity index (χ3v) is 3.95. The van der Waals surface area contributed by atoms with Gasteiger partial charge < -0.3 is 10.2 Å². The van der Waals surface area contributed by atoms with Gasteiger partial charge in [-0.1, -0.05) is 19.9 Å². The van der Waals surface area contributed by atoms with E-state index in [0.717, 1.165) is 25.9 Å². The zero-order valence-electron chi connectivity index (χ0n) is 14.4. The fourth-order valence-corrected chi connectivity index (χ4v) is 2.69. The zero-order chi connectivity index (χ0) is 16.1. The Morgan fingerprint density at radius 1 is 1.25 bits per heavy atom. The number of Topliss-reactive ketones (excluding diaryl/α,β-unsaturated/α-hetero) is 1. The van der Waals surface area contributed by atoms with E-state index in [1.807, 2.05) is 13.8 Å². The quantitative estimate of drug-likeness (QED) is 0.800. The summed E-state index contributed by atoms with van der Waals surface area (Å²) < 4.78 is 0. The number of aromatic nitrogens is 1. The number of anilines is 1. The lowest BCUT2D eigenvalue weighted by Gasteiger charge is -2.27. The Labute approximate surface area is 156 Å². The summed E-state index contributed by atoms with van der Waals surface area (Å²) in [6.45, 7) is 5.88. The molecule has 1 saturated heterocycles. The molecule has 24 heavy (non-hydrogen) atoms. The first-order chi connectivity index (χ1) is 10.5. The van der Waals surface area contributed by atoms with Crippen molar-refractivity contribution in [2.24, 2.45) is 11.8 Å². The smallest absolute Gasteiger partial charge is 0.225 e. The molecule has 1 aromatic heterocycles. The number of carbonyl (C=O) groups is 2. The lowest BCUT2D eigenvalue weighted by molar-refractivity contribution is -0.116. The zero-order valence-corrected chi connectivity index (χ0v) is 16.1. The van der Waals surface area contributed by atoms with Crippen molar-refractivity contribution in [1.29, 1.82) is 0 Å². The molecule has 0 unspecified atom stereocenters. The van der Waals surface area contributed by atoms with Gasteiger partial charge in [-0.3, -0.25) is 9.59 Å². The number of amides is 1. The van der Waals surface area contributed by atoms with Gasteiger partial charge in [0.05, 0.1) is 0 Å². The summed E-state index contributed by atoms with van der Waals surface area (Å²) in [5.41, 5.74) is 0.455. The van der Waals surface area contributed by atoms with Crippen molar-refractivity contribution in [3.8, 4) is 0 Å². The molecule has 0 aliphatic carbocycles. The minimum absolute atomic E-state index is 0. The molecule has 1 fully saturated rings. The van der Waals surface area contributed by atoms with Gasteiger partial charge >= 0.3 is 0 Å². The van der Waals surface area contributed by atoms with Gasteiger partial charge in [0.2, 0.25) is 5.91 Å². The van der Waals surface area contributed by atoms with Crippen LogP contribution in [0.1, 0.15) is 43.6 Å². The minimum atomic E-state index is -0.0635. The number of rotatable bonds is 5. The monoisotopic (exact) mass is 375 g/mol. The summed E-state index contributed by atoms with van der Waals surface area (Å²) >= 11 is 0. The van der Waals surface area contributed by atoms with E-state index in [2.05, 4.69) is 22.2 Å². The number of pyridine rings is 1. The molecule has 2 heterocycles. The van der Waals surface area contributed by atoms with Crippen LogP contribution in [-0.2, 0) is 4.79 Å². The summed E-state index contributed by atoms with van der Waals surface area (Å²) in [4.78, 5) is 30.9. The molecule has 1 amide bonds. The summed E-state index contributed by atoms with van der Waals surface area (Å²) in [7, 11) is 2.07.